The van der Waals surface area contributed by atoms with Gasteiger partial charge in [0.1, 0.15) is 10.6 Å². The molecule has 1 heterocycles. The Kier molecular flexibility index (Phi) is 7.37. The molecule has 0 aliphatic rings. The predicted molar refractivity (Wildman–Crippen MR) is 137 cm³/mol. The fourth-order valence-electron chi connectivity index (χ4n) is 3.23. The van der Waals surface area contributed by atoms with E-state index >= 15 is 0 Å². The molecule has 3 aromatic carbocycles. The van der Waals surface area contributed by atoms with Crippen molar-refractivity contribution < 1.29 is 9.53 Å². The van der Waals surface area contributed by atoms with Crippen LogP contribution in [0, 0.1) is 0 Å². The maximum absolute atomic E-state index is 12.6. The number of aryl methyl sites for hydroxylation is 1. The summed E-state index contributed by atoms with van der Waals surface area (Å²) in [5, 5.41) is 7.23. The van der Waals surface area contributed by atoms with Crippen LogP contribution in [0.25, 0.3) is 10.1 Å². The molecule has 4 nitrogen and oxygen atoms in total. The molecule has 0 bridgehead atoms. The summed E-state index contributed by atoms with van der Waals surface area (Å²) < 4.78 is 6.77. The highest BCUT2D eigenvalue weighted by Gasteiger charge is 2.17. The first-order chi connectivity index (χ1) is 15.6. The molecule has 0 aliphatic heterocycles. The van der Waals surface area contributed by atoms with E-state index in [2.05, 4.69) is 22.8 Å². The lowest BCUT2D eigenvalue weighted by Gasteiger charge is -2.10. The van der Waals surface area contributed by atoms with Crippen molar-refractivity contribution in [3.63, 3.8) is 0 Å². The quantitative estimate of drug-likeness (QED) is 0.228. The largest absolute Gasteiger partial charge is 0.494 e. The molecule has 0 atom stereocenters. The van der Waals surface area contributed by atoms with Gasteiger partial charge < -0.3 is 10.1 Å². The van der Waals surface area contributed by atoms with Crippen LogP contribution in [-0.4, -0.2) is 17.6 Å². The minimum absolute atomic E-state index is 0.208. The molecule has 162 valence electrons. The highest BCUT2D eigenvalue weighted by atomic mass is 35.5. The molecule has 0 aliphatic carbocycles. The van der Waals surface area contributed by atoms with Gasteiger partial charge in [0.15, 0.2) is 5.11 Å². The van der Waals surface area contributed by atoms with Gasteiger partial charge in [0.25, 0.3) is 5.91 Å². The average molecular weight is 481 g/mol. The molecular formula is C25H21ClN2O2S2. The zero-order valence-corrected chi connectivity index (χ0v) is 19.5. The van der Waals surface area contributed by atoms with Gasteiger partial charge in [-0.25, -0.2) is 0 Å². The van der Waals surface area contributed by atoms with Crippen molar-refractivity contribution in [2.45, 2.75) is 12.8 Å². The number of hydrogen-bond acceptors (Lipinski definition) is 4. The van der Waals surface area contributed by atoms with Crippen molar-refractivity contribution in [2.75, 3.05) is 11.9 Å². The number of anilines is 1. The van der Waals surface area contributed by atoms with Crippen molar-refractivity contribution in [1.29, 1.82) is 0 Å². The number of hydrogen-bond donors (Lipinski definition) is 2. The molecule has 4 rings (SSSR count). The van der Waals surface area contributed by atoms with Crippen molar-refractivity contribution >= 4 is 61.9 Å². The van der Waals surface area contributed by atoms with Gasteiger partial charge in [-0.05, 0) is 61.0 Å². The van der Waals surface area contributed by atoms with Crippen molar-refractivity contribution in [3.05, 3.63) is 94.3 Å². The molecule has 0 fully saturated rings. The van der Waals surface area contributed by atoms with Gasteiger partial charge in [-0.1, -0.05) is 60.1 Å². The molecule has 7 heteroatoms. The Balaban J connectivity index is 1.26. The summed E-state index contributed by atoms with van der Waals surface area (Å²) in [6.07, 6.45) is 1.93. The third-order valence-corrected chi connectivity index (χ3v) is 6.68. The number of rotatable bonds is 7. The second-order valence-electron chi connectivity index (χ2n) is 7.11. The number of thiophene rings is 1. The highest BCUT2D eigenvalue weighted by molar-refractivity contribution is 7.80. The second kappa shape index (κ2) is 10.6. The van der Waals surface area contributed by atoms with E-state index in [0.717, 1.165) is 34.4 Å². The highest BCUT2D eigenvalue weighted by Crippen LogP contribution is 2.35. The molecule has 0 unspecified atom stereocenters. The van der Waals surface area contributed by atoms with E-state index in [0.29, 0.717) is 16.5 Å². The first-order valence-electron chi connectivity index (χ1n) is 10.2. The van der Waals surface area contributed by atoms with Gasteiger partial charge in [0.05, 0.1) is 11.6 Å². The number of carbonyl (C=O) groups excluding carboxylic acids is 1. The van der Waals surface area contributed by atoms with Crippen molar-refractivity contribution in [1.82, 2.24) is 5.32 Å². The van der Waals surface area contributed by atoms with E-state index in [-0.39, 0.29) is 11.0 Å². The number of thiocarbonyl (C=S) groups is 1. The first-order valence-corrected chi connectivity index (χ1v) is 11.8. The lowest BCUT2D eigenvalue weighted by Crippen LogP contribution is -2.33. The van der Waals surface area contributed by atoms with Crippen LogP contribution in [-0.2, 0) is 6.42 Å². The number of benzene rings is 3. The maximum Gasteiger partial charge on any atom is 0.269 e. The molecule has 0 saturated heterocycles. The predicted octanol–water partition coefficient (Wildman–Crippen LogP) is 6.69. The molecule has 1 amide bonds. The Bertz CT molecular complexity index is 1220. The zero-order valence-electron chi connectivity index (χ0n) is 17.1. The van der Waals surface area contributed by atoms with Gasteiger partial charge in [0.2, 0.25) is 0 Å². The molecule has 0 radical (unpaired) electrons. The minimum Gasteiger partial charge on any atom is -0.494 e. The summed E-state index contributed by atoms with van der Waals surface area (Å²) >= 11 is 13.0. The summed E-state index contributed by atoms with van der Waals surface area (Å²) in [6, 6.07) is 25.5. The van der Waals surface area contributed by atoms with Crippen molar-refractivity contribution in [2.24, 2.45) is 0 Å². The summed E-state index contributed by atoms with van der Waals surface area (Å²) in [5.41, 5.74) is 2.07. The van der Waals surface area contributed by atoms with Crippen LogP contribution < -0.4 is 15.4 Å². The van der Waals surface area contributed by atoms with E-state index in [1.165, 1.54) is 16.9 Å². The normalized spacial score (nSPS) is 10.7. The summed E-state index contributed by atoms with van der Waals surface area (Å²) in [7, 11) is 0. The van der Waals surface area contributed by atoms with Crippen LogP contribution in [0.2, 0.25) is 5.02 Å². The molecule has 0 saturated carbocycles. The lowest BCUT2D eigenvalue weighted by atomic mass is 10.1. The van der Waals surface area contributed by atoms with Crippen LogP contribution in [0.5, 0.6) is 5.75 Å². The standard InChI is InChI=1S/C25H21ClN2O2S2/c26-22-20-10-4-5-11-21(20)32-23(22)24(29)28-25(31)27-18-12-14-19(15-13-18)30-16-6-9-17-7-2-1-3-8-17/h1-5,7-8,10-15H,6,9,16H2,(H2,27,28,29,31). The Morgan fingerprint density at radius 2 is 1.69 bits per heavy atom. The van der Waals surface area contributed by atoms with Crippen LogP contribution in [0.15, 0.2) is 78.9 Å². The monoisotopic (exact) mass is 480 g/mol. The van der Waals surface area contributed by atoms with Gasteiger partial charge in [0, 0.05) is 15.8 Å². The number of fused-ring (bicyclic) bond motifs is 1. The molecular weight excluding hydrogens is 460 g/mol. The minimum atomic E-state index is -0.327. The van der Waals surface area contributed by atoms with Gasteiger partial charge in [-0.15, -0.1) is 11.3 Å². The number of ether oxygens (including phenoxy) is 1. The number of nitrogens with one attached hydrogen (secondary N) is 2. The number of halogens is 1. The summed E-state index contributed by atoms with van der Waals surface area (Å²) in [4.78, 5) is 13.0. The smallest absolute Gasteiger partial charge is 0.269 e. The number of amides is 1. The fraction of sp³-hybridized carbons (Fsp3) is 0.120. The topological polar surface area (TPSA) is 50.4 Å². The Labute approximate surface area is 201 Å². The van der Waals surface area contributed by atoms with E-state index < -0.39 is 0 Å². The molecule has 1 aromatic heterocycles. The van der Waals surface area contributed by atoms with Crippen molar-refractivity contribution in [3.8, 4) is 5.75 Å². The Morgan fingerprint density at radius 3 is 2.44 bits per heavy atom. The Morgan fingerprint density at radius 1 is 0.969 bits per heavy atom. The van der Waals surface area contributed by atoms with Crippen LogP contribution >= 0.6 is 35.2 Å². The zero-order chi connectivity index (χ0) is 22.3. The maximum atomic E-state index is 12.6. The summed E-state index contributed by atoms with van der Waals surface area (Å²) in [6.45, 7) is 0.645. The summed E-state index contributed by atoms with van der Waals surface area (Å²) in [5.74, 6) is 0.461. The third-order valence-electron chi connectivity index (χ3n) is 4.80. The molecule has 32 heavy (non-hydrogen) atoms. The van der Waals surface area contributed by atoms with E-state index in [1.807, 2.05) is 66.7 Å². The van der Waals surface area contributed by atoms with Gasteiger partial charge in [-0.2, -0.15) is 0 Å². The molecule has 2 N–H and O–H groups in total. The first kappa shape index (κ1) is 22.3. The van der Waals surface area contributed by atoms with E-state index in [4.69, 9.17) is 28.6 Å². The second-order valence-corrected chi connectivity index (χ2v) is 8.95. The average Bonchev–Trinajstić information content (AvgIpc) is 3.15. The van der Waals surface area contributed by atoms with Crippen LogP contribution in [0.3, 0.4) is 0 Å². The SMILES string of the molecule is O=C(NC(=S)Nc1ccc(OCCCc2ccccc2)cc1)c1sc2ccccc2c1Cl. The van der Waals surface area contributed by atoms with Gasteiger partial charge >= 0.3 is 0 Å². The van der Waals surface area contributed by atoms with Crippen LogP contribution in [0.4, 0.5) is 5.69 Å². The molecule has 4 aromatic rings. The third kappa shape index (κ3) is 5.65. The van der Waals surface area contributed by atoms with E-state index in [1.54, 1.807) is 0 Å². The Hall–Kier alpha value is -2.93. The van der Waals surface area contributed by atoms with Gasteiger partial charge in [-0.3, -0.25) is 10.1 Å². The number of carbonyl (C=O) groups is 1. The lowest BCUT2D eigenvalue weighted by molar-refractivity contribution is 0.0982. The molecule has 0 spiro atoms. The van der Waals surface area contributed by atoms with E-state index in [9.17, 15) is 4.79 Å². The van der Waals surface area contributed by atoms with Crippen LogP contribution in [0.1, 0.15) is 21.7 Å². The fourth-order valence-corrected chi connectivity index (χ4v) is 4.85.